The summed E-state index contributed by atoms with van der Waals surface area (Å²) in [7, 11) is 0. The van der Waals surface area contributed by atoms with Crippen molar-refractivity contribution in [2.24, 2.45) is 11.0 Å². The van der Waals surface area contributed by atoms with E-state index in [1.165, 1.54) is 41.5 Å². The number of hydrogen-bond acceptors (Lipinski definition) is 5. The van der Waals surface area contributed by atoms with Crippen molar-refractivity contribution in [3.8, 4) is 0 Å². The van der Waals surface area contributed by atoms with Crippen molar-refractivity contribution in [1.82, 2.24) is 20.0 Å². The molecule has 1 aromatic carbocycles. The molecular formula is C21H15F2N5O. The fourth-order valence-corrected chi connectivity index (χ4v) is 3.58. The molecule has 0 radical (unpaired) electrons. The molecular weight excluding hydrogens is 376 g/mol. The Labute approximate surface area is 163 Å². The van der Waals surface area contributed by atoms with Crippen molar-refractivity contribution < 1.29 is 8.78 Å². The zero-order chi connectivity index (χ0) is 20.0. The lowest BCUT2D eigenvalue weighted by Gasteiger charge is -2.18. The van der Waals surface area contributed by atoms with Gasteiger partial charge in [-0.25, -0.2) is 13.8 Å². The third kappa shape index (κ3) is 3.02. The van der Waals surface area contributed by atoms with Crippen molar-refractivity contribution in [2.45, 2.75) is 12.6 Å². The summed E-state index contributed by atoms with van der Waals surface area (Å²) in [4.78, 5) is 20.6. The van der Waals surface area contributed by atoms with Crippen LogP contribution in [0.5, 0.6) is 0 Å². The Kier molecular flexibility index (Phi) is 4.04. The second kappa shape index (κ2) is 6.73. The smallest absolute Gasteiger partial charge is 0.261 e. The molecule has 0 bridgehead atoms. The Morgan fingerprint density at radius 3 is 2.86 bits per heavy atom. The van der Waals surface area contributed by atoms with E-state index < -0.39 is 11.6 Å². The van der Waals surface area contributed by atoms with Crippen LogP contribution in [0.15, 0.2) is 65.0 Å². The molecule has 2 atom stereocenters. The molecule has 0 saturated carbocycles. The van der Waals surface area contributed by atoms with Gasteiger partial charge in [-0.05, 0) is 29.3 Å². The summed E-state index contributed by atoms with van der Waals surface area (Å²) in [5, 5.41) is 4.37. The van der Waals surface area contributed by atoms with Crippen LogP contribution in [0.3, 0.4) is 0 Å². The zero-order valence-electron chi connectivity index (χ0n) is 15.1. The number of halogens is 2. The molecule has 144 valence electrons. The quantitative estimate of drug-likeness (QED) is 0.745. The zero-order valence-corrected chi connectivity index (χ0v) is 15.1. The van der Waals surface area contributed by atoms with E-state index in [9.17, 15) is 13.6 Å². The largest absolute Gasteiger partial charge is 0.302 e. The molecule has 1 aliphatic heterocycles. The molecule has 3 heterocycles. The molecule has 0 fully saturated rings. The Bertz CT molecular complexity index is 1250. The van der Waals surface area contributed by atoms with Gasteiger partial charge >= 0.3 is 0 Å². The van der Waals surface area contributed by atoms with Crippen LogP contribution in [0, 0.1) is 17.6 Å². The third-order valence-corrected chi connectivity index (χ3v) is 5.17. The first kappa shape index (κ1) is 17.4. The molecule has 2 aromatic heterocycles. The average Bonchev–Trinajstić information content (AvgIpc) is 3.20. The van der Waals surface area contributed by atoms with Gasteiger partial charge < -0.3 is 5.43 Å². The van der Waals surface area contributed by atoms with Crippen LogP contribution in [0.4, 0.5) is 8.78 Å². The summed E-state index contributed by atoms with van der Waals surface area (Å²) in [5.41, 5.74) is 3.97. The molecule has 2 aliphatic rings. The molecule has 8 heteroatoms. The number of nitrogens with zero attached hydrogens (tertiary/aromatic N) is 4. The monoisotopic (exact) mass is 391 g/mol. The molecule has 2 unspecified atom stereocenters. The van der Waals surface area contributed by atoms with Crippen LogP contribution < -0.4 is 11.0 Å². The van der Waals surface area contributed by atoms with E-state index in [2.05, 4.69) is 20.5 Å². The van der Waals surface area contributed by atoms with Gasteiger partial charge in [-0.15, -0.1) is 0 Å². The lowest BCUT2D eigenvalue weighted by molar-refractivity contribution is 0.540. The summed E-state index contributed by atoms with van der Waals surface area (Å²) >= 11 is 0. The van der Waals surface area contributed by atoms with E-state index in [0.717, 1.165) is 0 Å². The minimum absolute atomic E-state index is 0.0162. The lowest BCUT2D eigenvalue weighted by Crippen LogP contribution is -2.26. The van der Waals surface area contributed by atoms with Gasteiger partial charge in [0, 0.05) is 23.9 Å². The standard InChI is InChI=1S/C21H15F2N5O/c22-17-5-14(12-1-2-13-8-26-27-19(13)7-12)6-18(23)16(17)10-28-11-25-20-9-24-4-3-15(20)21(28)29/h1-9,11,13,19,27H,10H2. The molecule has 6 nitrogen and oxygen atoms in total. The topological polar surface area (TPSA) is 72.2 Å². The number of pyridine rings is 1. The van der Waals surface area contributed by atoms with Crippen molar-refractivity contribution in [3.05, 3.63) is 88.3 Å². The van der Waals surface area contributed by atoms with E-state index in [4.69, 9.17) is 0 Å². The molecule has 0 amide bonds. The van der Waals surface area contributed by atoms with E-state index in [-0.39, 0.29) is 29.6 Å². The SMILES string of the molecule is O=c1c2ccncc2ncn1Cc1c(F)cc(C2=CC3NN=CC3C=C2)cc1F. The van der Waals surface area contributed by atoms with Crippen LogP contribution in [0.1, 0.15) is 11.1 Å². The molecule has 5 rings (SSSR count). The average molecular weight is 391 g/mol. The fourth-order valence-electron chi connectivity index (χ4n) is 3.58. The second-order valence-corrected chi connectivity index (χ2v) is 6.98. The fraction of sp³-hybridized carbons (Fsp3) is 0.143. The van der Waals surface area contributed by atoms with Crippen LogP contribution in [-0.4, -0.2) is 26.8 Å². The lowest BCUT2D eigenvalue weighted by atomic mass is 9.90. The van der Waals surface area contributed by atoms with Crippen LogP contribution >= 0.6 is 0 Å². The number of nitrogens with one attached hydrogen (secondary N) is 1. The van der Waals surface area contributed by atoms with E-state index in [0.29, 0.717) is 22.0 Å². The Morgan fingerprint density at radius 1 is 1.21 bits per heavy atom. The summed E-state index contributed by atoms with van der Waals surface area (Å²) < 4.78 is 30.8. The van der Waals surface area contributed by atoms with Gasteiger partial charge in [-0.1, -0.05) is 18.2 Å². The molecule has 0 spiro atoms. The number of hydrogen-bond donors (Lipinski definition) is 1. The number of fused-ring (bicyclic) bond motifs is 2. The highest BCUT2D eigenvalue weighted by atomic mass is 19.1. The predicted octanol–water partition coefficient (Wildman–Crippen LogP) is 2.65. The van der Waals surface area contributed by atoms with Gasteiger partial charge in [-0.3, -0.25) is 14.3 Å². The number of aromatic nitrogens is 3. The first-order valence-corrected chi connectivity index (χ1v) is 9.06. The summed E-state index contributed by atoms with van der Waals surface area (Å²) in [6.45, 7) is -0.253. The Balaban J connectivity index is 1.49. The van der Waals surface area contributed by atoms with Crippen molar-refractivity contribution in [2.75, 3.05) is 0 Å². The first-order chi connectivity index (χ1) is 14.1. The van der Waals surface area contributed by atoms with Crippen LogP contribution in [-0.2, 0) is 6.54 Å². The van der Waals surface area contributed by atoms with E-state index in [1.807, 2.05) is 18.2 Å². The number of benzene rings is 1. The number of rotatable bonds is 3. The molecule has 29 heavy (non-hydrogen) atoms. The summed E-state index contributed by atoms with van der Waals surface area (Å²) in [6, 6.07) is 4.09. The Morgan fingerprint density at radius 2 is 2.03 bits per heavy atom. The maximum atomic E-state index is 14.8. The highest BCUT2D eigenvalue weighted by Crippen LogP contribution is 2.28. The molecule has 3 aromatic rings. The van der Waals surface area contributed by atoms with Crippen LogP contribution in [0.2, 0.25) is 0 Å². The summed E-state index contributed by atoms with van der Waals surface area (Å²) in [6.07, 6.45) is 11.7. The van der Waals surface area contributed by atoms with Gasteiger partial charge in [0.25, 0.3) is 5.56 Å². The van der Waals surface area contributed by atoms with Gasteiger partial charge in [0.05, 0.1) is 36.0 Å². The third-order valence-electron chi connectivity index (χ3n) is 5.17. The normalized spacial score (nSPS) is 19.9. The minimum Gasteiger partial charge on any atom is -0.302 e. The maximum absolute atomic E-state index is 14.8. The first-order valence-electron chi connectivity index (χ1n) is 9.06. The van der Waals surface area contributed by atoms with Crippen molar-refractivity contribution in [1.29, 1.82) is 0 Å². The molecule has 1 aliphatic carbocycles. The highest BCUT2D eigenvalue weighted by molar-refractivity contribution is 5.80. The van der Waals surface area contributed by atoms with Crippen molar-refractivity contribution >= 4 is 22.7 Å². The molecule has 0 saturated heterocycles. The maximum Gasteiger partial charge on any atom is 0.261 e. The van der Waals surface area contributed by atoms with Crippen molar-refractivity contribution in [3.63, 3.8) is 0 Å². The van der Waals surface area contributed by atoms with E-state index in [1.54, 1.807) is 6.21 Å². The highest BCUT2D eigenvalue weighted by Gasteiger charge is 2.24. The van der Waals surface area contributed by atoms with Gasteiger partial charge in [0.15, 0.2) is 0 Å². The second-order valence-electron chi connectivity index (χ2n) is 6.98. The minimum atomic E-state index is -0.714. The van der Waals surface area contributed by atoms with Crippen LogP contribution in [0.25, 0.3) is 16.5 Å². The summed E-state index contributed by atoms with van der Waals surface area (Å²) in [5.74, 6) is -1.28. The molecule has 1 N–H and O–H groups in total. The predicted molar refractivity (Wildman–Crippen MR) is 105 cm³/mol. The Hall–Kier alpha value is -3.68. The van der Waals surface area contributed by atoms with E-state index >= 15 is 0 Å². The van der Waals surface area contributed by atoms with Gasteiger partial charge in [-0.2, -0.15) is 5.10 Å². The van der Waals surface area contributed by atoms with Gasteiger partial charge in [0.1, 0.15) is 11.6 Å². The number of hydrazone groups is 1. The number of allylic oxidation sites excluding steroid dienone is 2. The van der Waals surface area contributed by atoms with Gasteiger partial charge in [0.2, 0.25) is 0 Å².